The molecule has 2 aromatic rings. The number of carbonyl (C=O) groups excluding carboxylic acids is 1. The summed E-state index contributed by atoms with van der Waals surface area (Å²) >= 11 is 0. The third-order valence-electron chi connectivity index (χ3n) is 5.74. The molecule has 0 fully saturated rings. The predicted molar refractivity (Wildman–Crippen MR) is 115 cm³/mol. The first-order valence-corrected chi connectivity index (χ1v) is 10.6. The van der Waals surface area contributed by atoms with Gasteiger partial charge in [0.15, 0.2) is 0 Å². The summed E-state index contributed by atoms with van der Waals surface area (Å²) in [5, 5.41) is 10.0. The second-order valence-corrected chi connectivity index (χ2v) is 8.40. The minimum atomic E-state index is -5.19. The van der Waals surface area contributed by atoms with Crippen molar-refractivity contribution in [3.8, 4) is 11.5 Å². The smallest absolute Gasteiger partial charge is 0.424 e. The quantitative estimate of drug-likeness (QED) is 0.618. The van der Waals surface area contributed by atoms with Crippen molar-refractivity contribution < 1.29 is 36.9 Å². The minimum absolute atomic E-state index is 0.188. The maximum absolute atomic E-state index is 13.4. The Balaban J connectivity index is 1.98. The Bertz CT molecular complexity index is 995. The highest BCUT2D eigenvalue weighted by Crippen LogP contribution is 2.41. The van der Waals surface area contributed by atoms with Crippen molar-refractivity contribution in [2.45, 2.75) is 44.6 Å². The van der Waals surface area contributed by atoms with E-state index < -0.39 is 30.1 Å². The van der Waals surface area contributed by atoms with Gasteiger partial charge in [0.25, 0.3) is 0 Å². The second-order valence-electron chi connectivity index (χ2n) is 8.40. The lowest BCUT2D eigenvalue weighted by Crippen LogP contribution is -2.44. The molecule has 33 heavy (non-hydrogen) atoms. The van der Waals surface area contributed by atoms with Crippen LogP contribution in [-0.2, 0) is 16.8 Å². The van der Waals surface area contributed by atoms with Gasteiger partial charge in [-0.05, 0) is 42.2 Å². The van der Waals surface area contributed by atoms with Crippen molar-refractivity contribution in [3.05, 3.63) is 53.6 Å². The van der Waals surface area contributed by atoms with Gasteiger partial charge >= 0.3 is 6.18 Å². The maximum atomic E-state index is 13.4. The fourth-order valence-electron chi connectivity index (χ4n) is 3.82. The number of benzene rings is 2. The molecule has 1 unspecified atom stereocenters. The Morgan fingerprint density at radius 2 is 1.88 bits per heavy atom. The summed E-state index contributed by atoms with van der Waals surface area (Å²) in [6, 6.07) is 10.5. The number of aliphatic hydroxyl groups is 1. The van der Waals surface area contributed by atoms with E-state index in [2.05, 4.69) is 0 Å². The monoisotopic (exact) mass is 469 g/mol. The first kappa shape index (κ1) is 24.8. The molecular weight excluding hydrogens is 442 g/mol. The predicted octanol–water partition coefficient (Wildman–Crippen LogP) is 4.80. The Labute approximate surface area is 189 Å². The highest BCUT2D eigenvalue weighted by atomic mass is 19.4. The van der Waals surface area contributed by atoms with Gasteiger partial charge in [0.1, 0.15) is 24.3 Å². The summed E-state index contributed by atoms with van der Waals surface area (Å²) in [5.74, 6) is 0.543. The van der Waals surface area contributed by atoms with Crippen LogP contribution in [0.2, 0.25) is 0 Å². The van der Waals surface area contributed by atoms with E-state index in [1.54, 1.807) is 38.1 Å². The van der Waals surface area contributed by atoms with Crippen LogP contribution >= 0.6 is 0 Å². The summed E-state index contributed by atoms with van der Waals surface area (Å²) < 4.78 is 64.8. The Morgan fingerprint density at radius 1 is 1.18 bits per heavy atom. The van der Waals surface area contributed by atoms with Crippen molar-refractivity contribution >= 4 is 11.6 Å². The molecule has 1 heterocycles. The number of halogens is 4. The molecule has 1 N–H and O–H groups in total. The van der Waals surface area contributed by atoms with E-state index >= 15 is 0 Å². The third-order valence-corrected chi connectivity index (χ3v) is 5.74. The van der Waals surface area contributed by atoms with Gasteiger partial charge in [0.2, 0.25) is 11.5 Å². The van der Waals surface area contributed by atoms with Crippen LogP contribution in [0.1, 0.15) is 31.4 Å². The normalized spacial score (nSPS) is 18.3. The summed E-state index contributed by atoms with van der Waals surface area (Å²) in [4.78, 5) is 14.5. The summed E-state index contributed by atoms with van der Waals surface area (Å²) in [5.41, 5.74) is -3.37. The SMILES string of the molecule is COc1cccc(O[C@H]2CCc3cc(C(O)(CF)C(F)(F)F)ccc3N(C(=O)C(C)C)C2)c1. The van der Waals surface area contributed by atoms with Crippen LogP contribution in [0.25, 0.3) is 0 Å². The summed E-state index contributed by atoms with van der Waals surface area (Å²) in [7, 11) is 1.53. The van der Waals surface area contributed by atoms with Crippen molar-refractivity contribution in [3.63, 3.8) is 0 Å². The maximum Gasteiger partial charge on any atom is 0.424 e. The Kier molecular flexibility index (Phi) is 7.21. The molecular formula is C24H27F4NO4. The number of ether oxygens (including phenoxy) is 2. The number of alkyl halides is 4. The van der Waals surface area contributed by atoms with Crippen LogP contribution in [0.4, 0.5) is 23.2 Å². The molecule has 0 saturated heterocycles. The number of methoxy groups -OCH3 is 1. The van der Waals surface area contributed by atoms with Gasteiger partial charge in [0, 0.05) is 17.7 Å². The van der Waals surface area contributed by atoms with Gasteiger partial charge in [0.05, 0.1) is 13.7 Å². The van der Waals surface area contributed by atoms with Gasteiger partial charge in [-0.1, -0.05) is 32.0 Å². The number of anilines is 1. The number of rotatable bonds is 6. The van der Waals surface area contributed by atoms with Gasteiger partial charge < -0.3 is 19.5 Å². The molecule has 180 valence electrons. The van der Waals surface area contributed by atoms with E-state index in [-0.39, 0.29) is 24.8 Å². The number of hydrogen-bond donors (Lipinski definition) is 1. The van der Waals surface area contributed by atoms with E-state index in [4.69, 9.17) is 9.47 Å². The standard InChI is InChI=1S/C24H27F4NO4/c1-15(2)22(30)29-13-20(33-19-6-4-5-18(12-19)32-3)9-7-16-11-17(8-10-21(16)29)23(31,14-25)24(26,27)28/h4-6,8,10-12,15,20,31H,7,9,13-14H2,1-3H3/t20-,23?/m0/s1. The highest BCUT2D eigenvalue weighted by Gasteiger charge is 2.55. The molecule has 0 bridgehead atoms. The lowest BCUT2D eigenvalue weighted by atomic mass is 9.91. The zero-order valence-electron chi connectivity index (χ0n) is 18.7. The number of nitrogens with zero attached hydrogens (tertiary/aromatic N) is 1. The molecule has 0 aliphatic carbocycles. The molecule has 0 spiro atoms. The summed E-state index contributed by atoms with van der Waals surface area (Å²) in [6.45, 7) is 1.63. The zero-order valence-corrected chi connectivity index (χ0v) is 18.7. The van der Waals surface area contributed by atoms with E-state index in [9.17, 15) is 27.5 Å². The zero-order chi connectivity index (χ0) is 24.4. The molecule has 0 radical (unpaired) electrons. The number of amides is 1. The van der Waals surface area contributed by atoms with E-state index in [0.717, 1.165) is 12.1 Å². The van der Waals surface area contributed by atoms with Crippen LogP contribution in [0.3, 0.4) is 0 Å². The molecule has 2 atom stereocenters. The van der Waals surface area contributed by atoms with E-state index in [0.29, 0.717) is 29.2 Å². The van der Waals surface area contributed by atoms with E-state index in [1.165, 1.54) is 18.1 Å². The number of aryl methyl sites for hydroxylation is 1. The third kappa shape index (κ3) is 5.08. The molecule has 9 heteroatoms. The average Bonchev–Trinajstić information content (AvgIpc) is 2.96. The lowest BCUT2D eigenvalue weighted by Gasteiger charge is -2.30. The fraction of sp³-hybridized carbons (Fsp3) is 0.458. The van der Waals surface area contributed by atoms with Crippen molar-refractivity contribution in [2.24, 2.45) is 5.92 Å². The number of hydrogen-bond acceptors (Lipinski definition) is 4. The molecule has 2 aromatic carbocycles. The lowest BCUT2D eigenvalue weighted by molar-refractivity contribution is -0.271. The summed E-state index contributed by atoms with van der Waals surface area (Å²) in [6.07, 6.45) is -4.96. The van der Waals surface area contributed by atoms with E-state index in [1.807, 2.05) is 0 Å². The molecule has 5 nitrogen and oxygen atoms in total. The van der Waals surface area contributed by atoms with Gasteiger partial charge in [-0.3, -0.25) is 4.79 Å². The molecule has 0 saturated carbocycles. The van der Waals surface area contributed by atoms with Crippen LogP contribution in [0, 0.1) is 5.92 Å². The first-order chi connectivity index (χ1) is 15.5. The number of fused-ring (bicyclic) bond motifs is 1. The van der Waals surface area contributed by atoms with Crippen molar-refractivity contribution in [1.29, 1.82) is 0 Å². The van der Waals surface area contributed by atoms with Crippen LogP contribution in [-0.4, -0.2) is 43.6 Å². The van der Waals surface area contributed by atoms with Crippen LogP contribution in [0.15, 0.2) is 42.5 Å². The van der Waals surface area contributed by atoms with Gasteiger partial charge in [-0.15, -0.1) is 0 Å². The average molecular weight is 469 g/mol. The second kappa shape index (κ2) is 9.59. The van der Waals surface area contributed by atoms with Gasteiger partial charge in [-0.2, -0.15) is 13.2 Å². The largest absolute Gasteiger partial charge is 0.497 e. The first-order valence-electron chi connectivity index (χ1n) is 10.6. The molecule has 1 aliphatic heterocycles. The topological polar surface area (TPSA) is 59.0 Å². The fourth-order valence-corrected chi connectivity index (χ4v) is 3.82. The molecule has 1 amide bonds. The molecule has 3 rings (SSSR count). The Hall–Kier alpha value is -2.81. The van der Waals surface area contributed by atoms with Crippen LogP contribution < -0.4 is 14.4 Å². The van der Waals surface area contributed by atoms with Crippen molar-refractivity contribution in [1.82, 2.24) is 0 Å². The molecule has 0 aromatic heterocycles. The number of carbonyl (C=O) groups is 1. The minimum Gasteiger partial charge on any atom is -0.497 e. The molecule has 1 aliphatic rings. The Morgan fingerprint density at radius 3 is 2.48 bits per heavy atom. The van der Waals surface area contributed by atoms with Gasteiger partial charge in [-0.25, -0.2) is 4.39 Å². The van der Waals surface area contributed by atoms with Crippen LogP contribution in [0.5, 0.6) is 11.5 Å². The van der Waals surface area contributed by atoms with Crippen molar-refractivity contribution in [2.75, 3.05) is 25.2 Å². The highest BCUT2D eigenvalue weighted by molar-refractivity contribution is 5.95.